The molecule has 0 radical (unpaired) electrons. The van der Waals surface area contributed by atoms with E-state index in [4.69, 9.17) is 34.4 Å². The van der Waals surface area contributed by atoms with Crippen molar-refractivity contribution in [1.29, 1.82) is 0 Å². The maximum absolute atomic E-state index is 6.92. The number of allylic oxidation sites excluding steroid dienone is 3. The van der Waals surface area contributed by atoms with Crippen molar-refractivity contribution >= 4 is 64.9 Å². The smallest absolute Gasteiger partial charge is 0.397 e. The Morgan fingerprint density at radius 2 is 1.19 bits per heavy atom. The minimum atomic E-state index is -0.556. The molecule has 1 saturated heterocycles. The Bertz CT molecular complexity index is 754. The molecule has 0 saturated carbocycles. The van der Waals surface area contributed by atoms with Crippen LogP contribution in [0, 0.1) is 0 Å². The summed E-state index contributed by atoms with van der Waals surface area (Å²) < 4.78 is 5.84. The number of benzene rings is 2. The number of para-hydroxylation sites is 2. The zero-order valence-electron chi connectivity index (χ0n) is 15.2. The summed E-state index contributed by atoms with van der Waals surface area (Å²) in [5, 5.41) is 0. The van der Waals surface area contributed by atoms with E-state index in [1.807, 2.05) is 107 Å². The standard InChI is InChI=1S/C18H19B3Cl3N3/c1-3-11-16(4-2)25-19(22)26(17-12-7-5-8-13-17)21(24)27(20(25)23)18-14-9-6-10-15-18/h3-15H,1-2H3/b11-3-,16-4+. The van der Waals surface area contributed by atoms with Crippen LogP contribution in [0.4, 0.5) is 11.4 Å². The Hall–Kier alpha value is -1.62. The first-order valence-corrected chi connectivity index (χ1v) is 10.1. The van der Waals surface area contributed by atoms with Gasteiger partial charge in [-0.05, 0) is 44.2 Å². The van der Waals surface area contributed by atoms with Crippen molar-refractivity contribution in [3.63, 3.8) is 0 Å². The van der Waals surface area contributed by atoms with E-state index in [1.165, 1.54) is 0 Å². The molecule has 1 heterocycles. The molecule has 1 aliphatic heterocycles. The van der Waals surface area contributed by atoms with Crippen molar-refractivity contribution < 1.29 is 0 Å². The van der Waals surface area contributed by atoms with Gasteiger partial charge in [-0.2, -0.15) is 0 Å². The highest BCUT2D eigenvalue weighted by atomic mass is 35.5. The fourth-order valence-corrected chi connectivity index (χ4v) is 4.64. The van der Waals surface area contributed by atoms with Crippen molar-refractivity contribution in [2.75, 3.05) is 9.44 Å². The molecule has 0 amide bonds. The molecule has 0 bridgehead atoms. The summed E-state index contributed by atoms with van der Waals surface area (Å²) in [6.45, 7) is 3.93. The molecule has 0 unspecified atom stereocenters. The highest BCUT2D eigenvalue weighted by Gasteiger charge is 2.53. The van der Waals surface area contributed by atoms with Crippen molar-refractivity contribution in [2.24, 2.45) is 0 Å². The van der Waals surface area contributed by atoms with Gasteiger partial charge in [-0.25, -0.2) is 0 Å². The molecular formula is C18H19B3Cl3N3. The summed E-state index contributed by atoms with van der Waals surface area (Å²) in [5.41, 5.74) is 2.76. The Morgan fingerprint density at radius 3 is 1.56 bits per heavy atom. The van der Waals surface area contributed by atoms with E-state index < -0.39 is 19.2 Å². The zero-order chi connectivity index (χ0) is 19.4. The molecule has 2 aromatic rings. The zero-order valence-corrected chi connectivity index (χ0v) is 17.5. The van der Waals surface area contributed by atoms with Crippen LogP contribution in [0.1, 0.15) is 13.8 Å². The first-order chi connectivity index (χ1) is 13.1. The van der Waals surface area contributed by atoms with Crippen LogP contribution in [0.2, 0.25) is 0 Å². The van der Waals surface area contributed by atoms with Crippen LogP contribution in [0.3, 0.4) is 0 Å². The van der Waals surface area contributed by atoms with Gasteiger partial charge in [0.15, 0.2) is 0 Å². The van der Waals surface area contributed by atoms with Crippen LogP contribution in [0.5, 0.6) is 0 Å². The maximum Gasteiger partial charge on any atom is 0.464 e. The molecule has 0 aromatic heterocycles. The van der Waals surface area contributed by atoms with Gasteiger partial charge in [-0.1, -0.05) is 48.6 Å². The molecule has 0 N–H and O–H groups in total. The van der Waals surface area contributed by atoms with E-state index in [0.717, 1.165) is 17.1 Å². The van der Waals surface area contributed by atoms with E-state index in [2.05, 4.69) is 0 Å². The topological polar surface area (TPSA) is 9.72 Å². The number of hydrogen-bond donors (Lipinski definition) is 0. The molecule has 3 rings (SSSR count). The van der Waals surface area contributed by atoms with Gasteiger partial charge in [0.05, 0.1) is 0 Å². The Morgan fingerprint density at radius 1 is 0.741 bits per heavy atom. The van der Waals surface area contributed by atoms with Crippen LogP contribution in [-0.2, 0) is 0 Å². The van der Waals surface area contributed by atoms with Crippen LogP contribution in [0.25, 0.3) is 0 Å². The first kappa shape index (κ1) is 20.1. The molecule has 1 aliphatic rings. The van der Waals surface area contributed by atoms with Gasteiger partial charge >= 0.3 is 19.2 Å². The van der Waals surface area contributed by atoms with E-state index >= 15 is 0 Å². The molecule has 2 aromatic carbocycles. The highest BCUT2D eigenvalue weighted by molar-refractivity contribution is 7.34. The second kappa shape index (κ2) is 9.05. The van der Waals surface area contributed by atoms with Gasteiger partial charge in [-0.15, -0.1) is 34.4 Å². The molecule has 27 heavy (non-hydrogen) atoms. The SMILES string of the molecule is C/C=C\C(=C/C)N1B(Cl)N(c2ccccc2)B(Cl)N(c2ccccc2)B1Cl. The third-order valence-electron chi connectivity index (χ3n) is 4.42. The highest BCUT2D eigenvalue weighted by Crippen LogP contribution is 2.35. The summed E-state index contributed by atoms with van der Waals surface area (Å²) in [6.07, 6.45) is 4.28. The fourth-order valence-electron chi connectivity index (χ4n) is 3.15. The molecule has 0 spiro atoms. The Kier molecular flexibility index (Phi) is 6.75. The monoisotopic (exact) mass is 415 g/mol. The summed E-state index contributed by atoms with van der Waals surface area (Å²) >= 11 is 20.7. The minimum Gasteiger partial charge on any atom is -0.397 e. The van der Waals surface area contributed by atoms with Crippen LogP contribution < -0.4 is 9.44 Å². The fraction of sp³-hybridized carbons (Fsp3) is 0.111. The predicted molar refractivity (Wildman–Crippen MR) is 123 cm³/mol. The van der Waals surface area contributed by atoms with E-state index in [9.17, 15) is 0 Å². The average molecular weight is 416 g/mol. The molecule has 0 aliphatic carbocycles. The van der Waals surface area contributed by atoms with E-state index in [1.54, 1.807) is 0 Å². The van der Waals surface area contributed by atoms with Crippen molar-refractivity contribution in [2.45, 2.75) is 13.8 Å². The Labute approximate surface area is 177 Å². The lowest BCUT2D eigenvalue weighted by molar-refractivity contribution is 0.832. The van der Waals surface area contributed by atoms with Crippen molar-refractivity contribution in [3.05, 3.63) is 84.6 Å². The molecule has 9 heteroatoms. The van der Waals surface area contributed by atoms with Crippen molar-refractivity contribution in [1.82, 2.24) is 4.72 Å². The van der Waals surface area contributed by atoms with Gasteiger partial charge in [0, 0.05) is 17.1 Å². The quantitative estimate of drug-likeness (QED) is 0.484. The molecule has 136 valence electrons. The molecule has 0 atom stereocenters. The summed E-state index contributed by atoms with van der Waals surface area (Å²) in [4.78, 5) is 0. The van der Waals surface area contributed by atoms with Crippen LogP contribution >= 0.6 is 34.4 Å². The van der Waals surface area contributed by atoms with Crippen LogP contribution in [0.15, 0.2) is 84.6 Å². The van der Waals surface area contributed by atoms with E-state index in [0.29, 0.717) is 0 Å². The van der Waals surface area contributed by atoms with Crippen molar-refractivity contribution in [3.8, 4) is 0 Å². The number of anilines is 2. The normalized spacial score (nSPS) is 16.0. The maximum atomic E-state index is 6.92. The second-order valence-corrected chi connectivity index (χ2v) is 7.21. The first-order valence-electron chi connectivity index (χ1n) is 8.76. The summed E-state index contributed by atoms with van der Waals surface area (Å²) in [7, 11) is 0. The van der Waals surface area contributed by atoms with Gasteiger partial charge in [0.1, 0.15) is 0 Å². The van der Waals surface area contributed by atoms with Gasteiger partial charge in [0.25, 0.3) is 0 Å². The minimum absolute atomic E-state index is 0.556. The predicted octanol–water partition coefficient (Wildman–Crippen LogP) is 5.47. The third-order valence-corrected chi connectivity index (χ3v) is 5.68. The summed E-state index contributed by atoms with van der Waals surface area (Å²) in [6, 6.07) is 19.8. The van der Waals surface area contributed by atoms with Gasteiger partial charge in [-0.3, -0.25) is 0 Å². The molecular weight excluding hydrogens is 397 g/mol. The number of nitrogens with zero attached hydrogens (tertiary/aromatic N) is 3. The molecule has 3 nitrogen and oxygen atoms in total. The number of rotatable bonds is 4. The Balaban J connectivity index is 2.12. The largest absolute Gasteiger partial charge is 0.464 e. The van der Waals surface area contributed by atoms with Gasteiger partial charge < -0.3 is 14.2 Å². The third kappa shape index (κ3) is 3.98. The lowest BCUT2D eigenvalue weighted by Gasteiger charge is -2.50. The number of hydrogen-bond acceptors (Lipinski definition) is 3. The van der Waals surface area contributed by atoms with E-state index in [-0.39, 0.29) is 0 Å². The summed E-state index contributed by atoms with van der Waals surface area (Å²) in [5.74, 6) is 0. The second-order valence-electron chi connectivity index (χ2n) is 6.04. The average Bonchev–Trinajstić information content (AvgIpc) is 2.69. The van der Waals surface area contributed by atoms with Crippen LogP contribution in [-0.4, -0.2) is 23.9 Å². The molecule has 1 fully saturated rings. The number of halogens is 3. The van der Waals surface area contributed by atoms with Gasteiger partial charge in [0.2, 0.25) is 0 Å². The lowest BCUT2D eigenvalue weighted by Crippen LogP contribution is -2.73. The lowest BCUT2D eigenvalue weighted by atomic mass is 9.69.